The van der Waals surface area contributed by atoms with Crippen LogP contribution in [0.1, 0.15) is 13.8 Å². The minimum atomic E-state index is -0.588. The molecule has 0 aliphatic carbocycles. The molecule has 0 bridgehead atoms. The molecule has 3 heterocycles. The Morgan fingerprint density at radius 2 is 1.90 bits per heavy atom. The Morgan fingerprint density at radius 3 is 2.55 bits per heavy atom. The summed E-state index contributed by atoms with van der Waals surface area (Å²) in [6.45, 7) is 9.86. The normalized spacial score (nSPS) is 13.7. The van der Waals surface area contributed by atoms with E-state index < -0.39 is 5.82 Å². The summed E-state index contributed by atoms with van der Waals surface area (Å²) in [5.74, 6) is -0.467. The van der Waals surface area contributed by atoms with E-state index in [1.807, 2.05) is 13.8 Å². The van der Waals surface area contributed by atoms with Crippen molar-refractivity contribution in [3.05, 3.63) is 46.7 Å². The molecule has 1 saturated heterocycles. The third-order valence-electron chi connectivity index (χ3n) is 4.80. The number of fused-ring (bicyclic) bond motifs is 1. The second-order valence-corrected chi connectivity index (χ2v) is 8.08. The number of anilines is 2. The van der Waals surface area contributed by atoms with Crippen molar-refractivity contribution in [2.45, 2.75) is 13.8 Å². The summed E-state index contributed by atoms with van der Waals surface area (Å²) in [6.07, 6.45) is 1.31. The van der Waals surface area contributed by atoms with E-state index in [4.69, 9.17) is 28.9 Å². The van der Waals surface area contributed by atoms with E-state index in [2.05, 4.69) is 20.8 Å². The number of piperazine rings is 1. The van der Waals surface area contributed by atoms with Crippen molar-refractivity contribution < 1.29 is 9.18 Å². The summed E-state index contributed by atoms with van der Waals surface area (Å²) in [5, 5.41) is 1.85. The van der Waals surface area contributed by atoms with Gasteiger partial charge >= 0.3 is 0 Å². The number of nitrogens with zero attached hydrogens (tertiary/aromatic N) is 4. The molecule has 2 N–H and O–H groups in total. The van der Waals surface area contributed by atoms with Gasteiger partial charge in [-0.15, -0.1) is 0 Å². The number of amides is 1. The van der Waals surface area contributed by atoms with Crippen LogP contribution in [0.2, 0.25) is 10.0 Å². The fourth-order valence-electron chi connectivity index (χ4n) is 3.34. The molecule has 3 aromatic rings. The van der Waals surface area contributed by atoms with E-state index in [9.17, 15) is 4.79 Å². The summed E-state index contributed by atoms with van der Waals surface area (Å²) < 4.78 is 19.7. The molecule has 0 atom stereocenters. The number of hydrogen-bond donors (Lipinski definition) is 1. The summed E-state index contributed by atoms with van der Waals surface area (Å²) in [7, 11) is 0. The molecule has 164 valence electrons. The van der Waals surface area contributed by atoms with Gasteiger partial charge in [0.25, 0.3) is 0 Å². The van der Waals surface area contributed by atoms with Crippen molar-refractivity contribution in [3.63, 3.8) is 0 Å². The monoisotopic (exact) mass is 481 g/mol. The first-order valence-corrected chi connectivity index (χ1v) is 11.3. The molecule has 0 radical (unpaired) electrons. The molecule has 1 aromatic carbocycles. The highest BCUT2D eigenvalue weighted by Crippen LogP contribution is 2.42. The van der Waals surface area contributed by atoms with Crippen LogP contribution in [-0.2, 0) is 4.79 Å². The number of carbonyl (C=O) groups excluding carboxylic acids is 1. The average Bonchev–Trinajstić information content (AvgIpc) is 3.21. The van der Waals surface area contributed by atoms with Crippen LogP contribution in [-0.4, -0.2) is 46.3 Å². The Hall–Kier alpha value is -2.42. The highest BCUT2D eigenvalue weighted by atomic mass is 35.5. The molecule has 1 aliphatic heterocycles. The second-order valence-electron chi connectivity index (χ2n) is 6.51. The van der Waals surface area contributed by atoms with E-state index >= 15 is 4.39 Å². The maximum Gasteiger partial charge on any atom is 0.246 e. The van der Waals surface area contributed by atoms with Crippen LogP contribution < -0.4 is 10.6 Å². The molecule has 0 spiro atoms. The largest absolute Gasteiger partial charge is 0.384 e. The van der Waals surface area contributed by atoms with Crippen LogP contribution in [0.3, 0.4) is 0 Å². The third kappa shape index (κ3) is 4.46. The fourth-order valence-corrected chi connectivity index (χ4v) is 4.73. The van der Waals surface area contributed by atoms with Gasteiger partial charge in [-0.05, 0) is 35.8 Å². The fraction of sp³-hybridized carbons (Fsp3) is 0.286. The van der Waals surface area contributed by atoms with Gasteiger partial charge in [0.2, 0.25) is 5.91 Å². The molecule has 2 aromatic heterocycles. The van der Waals surface area contributed by atoms with Crippen LogP contribution in [0.15, 0.2) is 30.9 Å². The summed E-state index contributed by atoms with van der Waals surface area (Å²) >= 11 is 13.8. The molecule has 10 heteroatoms. The Balaban J connectivity index is 0.00000132. The van der Waals surface area contributed by atoms with Crippen LogP contribution in [0.25, 0.3) is 22.2 Å². The van der Waals surface area contributed by atoms with E-state index in [0.29, 0.717) is 31.6 Å². The minimum absolute atomic E-state index is 0.0784. The first-order chi connectivity index (χ1) is 14.9. The highest BCUT2D eigenvalue weighted by Gasteiger charge is 2.26. The SMILES string of the molecule is C=CC(=O)N1CCN(c2snc3c(F)c(-c4nc(N)ccc4Cl)c(Cl)cc23)CC1.CC. The molecular weight excluding hydrogens is 460 g/mol. The maximum atomic E-state index is 15.4. The Labute approximate surface area is 194 Å². The van der Waals surface area contributed by atoms with Gasteiger partial charge in [-0.2, -0.15) is 4.37 Å². The van der Waals surface area contributed by atoms with Gasteiger partial charge in [0.1, 0.15) is 16.3 Å². The van der Waals surface area contributed by atoms with Crippen LogP contribution in [0.5, 0.6) is 0 Å². The van der Waals surface area contributed by atoms with E-state index in [1.165, 1.54) is 23.7 Å². The van der Waals surface area contributed by atoms with Gasteiger partial charge < -0.3 is 15.5 Å². The van der Waals surface area contributed by atoms with Crippen LogP contribution in [0.4, 0.5) is 15.2 Å². The first kappa shape index (κ1) is 23.2. The standard InChI is InChI=1S/C19H16Cl2FN5OS.C2H6/c1-2-14(28)26-5-7-27(8-6-26)19-10-9-12(21)15(16(22)17(10)25-29-19)18-11(20)3-4-13(23)24-18;1-2/h2-4,9H,1,5-8H2,(H2,23,24);1-2H3. The van der Waals surface area contributed by atoms with Gasteiger partial charge in [-0.3, -0.25) is 4.79 Å². The van der Waals surface area contributed by atoms with Crippen molar-refractivity contribution in [3.8, 4) is 11.3 Å². The molecule has 31 heavy (non-hydrogen) atoms. The van der Waals surface area contributed by atoms with Crippen molar-refractivity contribution in [2.75, 3.05) is 36.8 Å². The number of hydrogen-bond acceptors (Lipinski definition) is 6. The quantitative estimate of drug-likeness (QED) is 0.517. The van der Waals surface area contributed by atoms with Crippen molar-refractivity contribution in [1.29, 1.82) is 0 Å². The topological polar surface area (TPSA) is 75.4 Å². The van der Waals surface area contributed by atoms with Crippen LogP contribution in [0, 0.1) is 5.82 Å². The Bertz CT molecular complexity index is 1130. The molecule has 1 amide bonds. The number of benzene rings is 1. The maximum absolute atomic E-state index is 15.4. The lowest BCUT2D eigenvalue weighted by molar-refractivity contribution is -0.126. The van der Waals surface area contributed by atoms with Gasteiger partial charge in [0.15, 0.2) is 5.82 Å². The Kier molecular flexibility index (Phi) is 7.35. The Morgan fingerprint density at radius 1 is 1.23 bits per heavy atom. The zero-order valence-electron chi connectivity index (χ0n) is 17.2. The smallest absolute Gasteiger partial charge is 0.246 e. The number of halogens is 3. The number of nitrogen functional groups attached to an aromatic ring is 1. The first-order valence-electron chi connectivity index (χ1n) is 9.76. The number of rotatable bonds is 3. The van der Waals surface area contributed by atoms with E-state index in [0.717, 1.165) is 5.00 Å². The summed E-state index contributed by atoms with van der Waals surface area (Å²) in [4.78, 5) is 19.7. The molecule has 6 nitrogen and oxygen atoms in total. The molecule has 0 saturated carbocycles. The van der Waals surface area contributed by atoms with Crippen molar-refractivity contribution >= 4 is 62.4 Å². The average molecular weight is 482 g/mol. The van der Waals surface area contributed by atoms with Crippen LogP contribution >= 0.6 is 34.7 Å². The van der Waals surface area contributed by atoms with Gasteiger partial charge in [-0.25, -0.2) is 9.37 Å². The molecule has 4 rings (SSSR count). The molecular formula is C21H22Cl2FN5OS. The number of nitrogens with two attached hydrogens (primary N) is 1. The molecule has 0 unspecified atom stereocenters. The van der Waals surface area contributed by atoms with Gasteiger partial charge in [0.05, 0.1) is 21.3 Å². The summed E-state index contributed by atoms with van der Waals surface area (Å²) in [5.41, 5.74) is 6.20. The lowest BCUT2D eigenvalue weighted by atomic mass is 10.1. The minimum Gasteiger partial charge on any atom is -0.384 e. The van der Waals surface area contributed by atoms with Crippen molar-refractivity contribution in [2.24, 2.45) is 0 Å². The summed E-state index contributed by atoms with van der Waals surface area (Å²) in [6, 6.07) is 4.76. The molecule has 1 aliphatic rings. The predicted molar refractivity (Wildman–Crippen MR) is 128 cm³/mol. The highest BCUT2D eigenvalue weighted by molar-refractivity contribution is 7.11. The van der Waals surface area contributed by atoms with Gasteiger partial charge in [-0.1, -0.05) is 43.6 Å². The third-order valence-corrected chi connectivity index (χ3v) is 6.33. The van der Waals surface area contributed by atoms with Crippen molar-refractivity contribution in [1.82, 2.24) is 14.3 Å². The molecule has 1 fully saturated rings. The van der Waals surface area contributed by atoms with E-state index in [1.54, 1.807) is 17.0 Å². The zero-order valence-corrected chi connectivity index (χ0v) is 19.5. The zero-order chi connectivity index (χ0) is 22.7. The lowest BCUT2D eigenvalue weighted by Gasteiger charge is -2.34. The lowest BCUT2D eigenvalue weighted by Crippen LogP contribution is -2.48. The predicted octanol–water partition coefficient (Wildman–Crippen LogP) is 5.25. The van der Waals surface area contributed by atoms with Gasteiger partial charge in [0, 0.05) is 31.6 Å². The number of carbonyl (C=O) groups is 1. The second kappa shape index (κ2) is 9.80. The number of aromatic nitrogens is 2. The van der Waals surface area contributed by atoms with E-state index in [-0.39, 0.29) is 38.5 Å². The number of pyridine rings is 1.